The molecule has 0 fully saturated rings. The van der Waals surface area contributed by atoms with Crippen LogP contribution in [0.2, 0.25) is 0 Å². The van der Waals surface area contributed by atoms with Crippen LogP contribution in [0.4, 0.5) is 8.78 Å². The molecule has 5 heteroatoms. The molecular weight excluding hydrogens is 226 g/mol. The lowest BCUT2D eigenvalue weighted by Gasteiger charge is -2.00. The summed E-state index contributed by atoms with van der Waals surface area (Å²) in [6.45, 7) is 0. The number of carboxylic acid groups (broad SMARTS) is 1. The van der Waals surface area contributed by atoms with Crippen molar-refractivity contribution in [2.24, 2.45) is 0 Å². The van der Waals surface area contributed by atoms with Gasteiger partial charge in [-0.2, -0.15) is 0 Å². The monoisotopic (exact) mass is 236 g/mol. The molecule has 2 nitrogen and oxygen atoms in total. The first-order valence-electron chi connectivity index (χ1n) is 4.25. The lowest BCUT2D eigenvalue weighted by Crippen LogP contribution is -1.96. The fraction of sp³-hybridized carbons (Fsp3) is 0.300. The highest BCUT2D eigenvalue weighted by atomic mass is 35.5. The molecule has 0 spiro atoms. The van der Waals surface area contributed by atoms with Crippen LogP contribution < -0.4 is 0 Å². The van der Waals surface area contributed by atoms with Crippen LogP contribution in [0.25, 0.3) is 0 Å². The maximum atomic E-state index is 12.7. The van der Waals surface area contributed by atoms with Crippen molar-refractivity contribution >= 4 is 18.4 Å². The van der Waals surface area contributed by atoms with Crippen molar-refractivity contribution in [1.29, 1.82) is 0 Å². The van der Waals surface area contributed by atoms with Crippen LogP contribution in [0.3, 0.4) is 0 Å². The zero-order valence-electron chi connectivity index (χ0n) is 7.87. The molecule has 0 heterocycles. The van der Waals surface area contributed by atoms with Crippen molar-refractivity contribution in [3.8, 4) is 0 Å². The molecule has 0 saturated heterocycles. The Labute approximate surface area is 92.3 Å². The minimum Gasteiger partial charge on any atom is -0.481 e. The van der Waals surface area contributed by atoms with E-state index in [1.54, 1.807) is 0 Å². The van der Waals surface area contributed by atoms with Crippen molar-refractivity contribution in [3.05, 3.63) is 35.4 Å². The van der Waals surface area contributed by atoms with Gasteiger partial charge in [0.05, 0.1) is 0 Å². The smallest absolute Gasteiger partial charge is 0.303 e. The molecule has 0 aliphatic rings. The van der Waals surface area contributed by atoms with Crippen LogP contribution in [0, 0.1) is 11.6 Å². The highest BCUT2D eigenvalue weighted by molar-refractivity contribution is 5.85. The molecule has 84 valence electrons. The second kappa shape index (κ2) is 6.35. The zero-order chi connectivity index (χ0) is 10.6. The second-order valence-electron chi connectivity index (χ2n) is 3.00. The predicted octanol–water partition coefficient (Wildman–Crippen LogP) is 2.79. The van der Waals surface area contributed by atoms with E-state index in [1.165, 1.54) is 6.07 Å². The van der Waals surface area contributed by atoms with Crippen LogP contribution in [-0.2, 0) is 11.2 Å². The van der Waals surface area contributed by atoms with Gasteiger partial charge in [0.2, 0.25) is 0 Å². The first-order chi connectivity index (χ1) is 6.59. The Kier molecular flexibility index (Phi) is 5.86. The predicted molar refractivity (Wildman–Crippen MR) is 54.2 cm³/mol. The van der Waals surface area contributed by atoms with Gasteiger partial charge in [-0.15, -0.1) is 12.4 Å². The van der Waals surface area contributed by atoms with Gasteiger partial charge in [0.1, 0.15) is 0 Å². The third-order valence-electron chi connectivity index (χ3n) is 1.84. The molecule has 0 aliphatic carbocycles. The molecule has 0 aliphatic heterocycles. The first kappa shape index (κ1) is 13.8. The van der Waals surface area contributed by atoms with Gasteiger partial charge in [0, 0.05) is 6.42 Å². The van der Waals surface area contributed by atoms with Crippen LogP contribution >= 0.6 is 12.4 Å². The van der Waals surface area contributed by atoms with E-state index in [0.717, 1.165) is 12.1 Å². The van der Waals surface area contributed by atoms with Gasteiger partial charge in [-0.25, -0.2) is 8.78 Å². The Morgan fingerprint density at radius 3 is 2.47 bits per heavy atom. The first-order valence-corrected chi connectivity index (χ1v) is 4.25. The number of hydrogen-bond acceptors (Lipinski definition) is 1. The van der Waals surface area contributed by atoms with E-state index in [9.17, 15) is 13.6 Å². The molecule has 1 aromatic rings. The summed E-state index contributed by atoms with van der Waals surface area (Å²) in [4.78, 5) is 10.2. The summed E-state index contributed by atoms with van der Waals surface area (Å²) in [5, 5.41) is 8.36. The highest BCUT2D eigenvalue weighted by Crippen LogP contribution is 2.11. The Balaban J connectivity index is 0.00000196. The number of aliphatic carboxylic acids is 1. The van der Waals surface area contributed by atoms with Gasteiger partial charge in [0.25, 0.3) is 0 Å². The normalized spacial score (nSPS) is 9.47. The van der Waals surface area contributed by atoms with E-state index in [4.69, 9.17) is 5.11 Å². The fourth-order valence-electron chi connectivity index (χ4n) is 1.14. The van der Waals surface area contributed by atoms with Crippen molar-refractivity contribution in [2.75, 3.05) is 0 Å². The minimum atomic E-state index is -0.891. The second-order valence-corrected chi connectivity index (χ2v) is 3.00. The minimum absolute atomic E-state index is 0. The Morgan fingerprint density at radius 2 is 1.93 bits per heavy atom. The van der Waals surface area contributed by atoms with E-state index in [-0.39, 0.29) is 18.8 Å². The number of rotatable bonds is 4. The van der Waals surface area contributed by atoms with E-state index in [0.29, 0.717) is 18.4 Å². The molecule has 0 bridgehead atoms. The molecule has 0 aromatic heterocycles. The fourth-order valence-corrected chi connectivity index (χ4v) is 1.14. The summed E-state index contributed by atoms with van der Waals surface area (Å²) in [6, 6.07) is 3.60. The Hall–Kier alpha value is -1.16. The van der Waals surface area contributed by atoms with Gasteiger partial charge in [-0.3, -0.25) is 4.79 Å². The van der Waals surface area contributed by atoms with Crippen molar-refractivity contribution in [1.82, 2.24) is 0 Å². The third kappa shape index (κ3) is 4.74. The summed E-state index contributed by atoms with van der Waals surface area (Å²) < 4.78 is 25.2. The quantitative estimate of drug-likeness (QED) is 0.873. The van der Waals surface area contributed by atoms with Crippen molar-refractivity contribution in [2.45, 2.75) is 19.3 Å². The average Bonchev–Trinajstić information content (AvgIpc) is 2.10. The highest BCUT2D eigenvalue weighted by Gasteiger charge is 2.03. The summed E-state index contributed by atoms with van der Waals surface area (Å²) in [7, 11) is 0. The topological polar surface area (TPSA) is 37.3 Å². The van der Waals surface area contributed by atoms with Crippen LogP contribution in [-0.4, -0.2) is 11.1 Å². The van der Waals surface area contributed by atoms with E-state index in [1.807, 2.05) is 0 Å². The van der Waals surface area contributed by atoms with Crippen LogP contribution in [0.15, 0.2) is 18.2 Å². The van der Waals surface area contributed by atoms with Gasteiger partial charge in [-0.05, 0) is 30.5 Å². The van der Waals surface area contributed by atoms with E-state index >= 15 is 0 Å². The Morgan fingerprint density at radius 1 is 1.27 bits per heavy atom. The number of carbonyl (C=O) groups is 1. The maximum Gasteiger partial charge on any atom is 0.303 e. The lowest BCUT2D eigenvalue weighted by atomic mass is 10.1. The van der Waals surface area contributed by atoms with Crippen LogP contribution in [0.5, 0.6) is 0 Å². The number of hydrogen-bond donors (Lipinski definition) is 1. The summed E-state index contributed by atoms with van der Waals surface area (Å²) >= 11 is 0. The van der Waals surface area contributed by atoms with E-state index in [2.05, 4.69) is 0 Å². The molecule has 0 saturated carbocycles. The largest absolute Gasteiger partial charge is 0.481 e. The molecule has 0 amide bonds. The van der Waals surface area contributed by atoms with Crippen molar-refractivity contribution in [3.63, 3.8) is 0 Å². The van der Waals surface area contributed by atoms with Gasteiger partial charge in [0.15, 0.2) is 11.6 Å². The number of aryl methyl sites for hydroxylation is 1. The van der Waals surface area contributed by atoms with Gasteiger partial charge in [-0.1, -0.05) is 6.07 Å². The molecule has 1 N–H and O–H groups in total. The lowest BCUT2D eigenvalue weighted by molar-refractivity contribution is -0.137. The number of benzene rings is 1. The summed E-state index contributed by atoms with van der Waals surface area (Å²) in [6.07, 6.45) is 0.920. The molecule has 0 unspecified atom stereocenters. The molecule has 1 rings (SSSR count). The number of halogens is 3. The SMILES string of the molecule is Cl.O=C(O)CCCc1ccc(F)c(F)c1. The molecule has 15 heavy (non-hydrogen) atoms. The zero-order valence-corrected chi connectivity index (χ0v) is 8.69. The summed E-state index contributed by atoms with van der Waals surface area (Å²) in [5.41, 5.74) is 0.616. The molecule has 0 atom stereocenters. The van der Waals surface area contributed by atoms with Crippen molar-refractivity contribution < 1.29 is 18.7 Å². The average molecular weight is 237 g/mol. The van der Waals surface area contributed by atoms with Gasteiger partial charge < -0.3 is 5.11 Å². The Bertz CT molecular complexity index is 342. The number of carboxylic acids is 1. The standard InChI is InChI=1S/C10H10F2O2.ClH/c11-8-5-4-7(6-9(8)12)2-1-3-10(13)14;/h4-6H,1-3H2,(H,13,14);1H. The summed E-state index contributed by atoms with van der Waals surface area (Å²) in [5.74, 6) is -2.66. The van der Waals surface area contributed by atoms with Gasteiger partial charge >= 0.3 is 5.97 Å². The van der Waals surface area contributed by atoms with Crippen LogP contribution in [0.1, 0.15) is 18.4 Å². The molecule has 1 aromatic carbocycles. The third-order valence-corrected chi connectivity index (χ3v) is 1.84. The molecule has 0 radical (unpaired) electrons. The maximum absolute atomic E-state index is 12.7. The van der Waals surface area contributed by atoms with E-state index < -0.39 is 17.6 Å². The molecular formula is C10H11ClF2O2.